The van der Waals surface area contributed by atoms with Crippen LogP contribution in [0, 0.1) is 5.82 Å². The van der Waals surface area contributed by atoms with E-state index in [2.05, 4.69) is 20.7 Å². The van der Waals surface area contributed by atoms with E-state index in [0.717, 1.165) is 12.1 Å². The van der Waals surface area contributed by atoms with Gasteiger partial charge in [0.1, 0.15) is 10.7 Å². The van der Waals surface area contributed by atoms with E-state index in [4.69, 9.17) is 28.9 Å². The minimum absolute atomic E-state index is 0.0445. The van der Waals surface area contributed by atoms with Gasteiger partial charge in [0, 0.05) is 4.47 Å². The Morgan fingerprint density at radius 3 is 2.24 bits per heavy atom. The van der Waals surface area contributed by atoms with Gasteiger partial charge < -0.3 is 5.73 Å². The van der Waals surface area contributed by atoms with Crippen LogP contribution in [0.5, 0.6) is 0 Å². The SMILES string of the molecule is Nc1cc(NS(=O)(=O)c2c(Cl)cc(Br)cc2Cl)ccc1F. The molecule has 112 valence electrons. The highest BCUT2D eigenvalue weighted by molar-refractivity contribution is 9.10. The molecule has 0 atom stereocenters. The summed E-state index contributed by atoms with van der Waals surface area (Å²) in [5, 5.41) is -0.0890. The molecule has 2 rings (SSSR count). The number of benzene rings is 2. The van der Waals surface area contributed by atoms with E-state index in [9.17, 15) is 12.8 Å². The largest absolute Gasteiger partial charge is 0.396 e. The van der Waals surface area contributed by atoms with Gasteiger partial charge in [-0.05, 0) is 30.3 Å². The van der Waals surface area contributed by atoms with Crippen LogP contribution in [-0.2, 0) is 10.0 Å². The third-order valence-electron chi connectivity index (χ3n) is 2.48. The zero-order chi connectivity index (χ0) is 15.8. The van der Waals surface area contributed by atoms with E-state index >= 15 is 0 Å². The summed E-state index contributed by atoms with van der Waals surface area (Å²) in [6, 6.07) is 6.26. The van der Waals surface area contributed by atoms with Crippen molar-refractivity contribution in [2.24, 2.45) is 0 Å². The average molecular weight is 414 g/mol. The third kappa shape index (κ3) is 3.60. The lowest BCUT2D eigenvalue weighted by Gasteiger charge is -2.12. The molecule has 0 aromatic heterocycles. The van der Waals surface area contributed by atoms with Crippen LogP contribution in [0.4, 0.5) is 15.8 Å². The minimum Gasteiger partial charge on any atom is -0.396 e. The highest BCUT2D eigenvalue weighted by atomic mass is 79.9. The number of rotatable bonds is 3. The van der Waals surface area contributed by atoms with Gasteiger partial charge in [-0.15, -0.1) is 0 Å². The number of sulfonamides is 1. The first-order chi connectivity index (χ1) is 9.70. The Hall–Kier alpha value is -1.02. The van der Waals surface area contributed by atoms with Crippen molar-refractivity contribution in [1.29, 1.82) is 0 Å². The lowest BCUT2D eigenvalue weighted by atomic mass is 10.3. The highest BCUT2D eigenvalue weighted by Crippen LogP contribution is 2.34. The first kappa shape index (κ1) is 16.4. The van der Waals surface area contributed by atoms with Crippen LogP contribution in [0.25, 0.3) is 0 Å². The number of halogens is 4. The Morgan fingerprint density at radius 1 is 1.14 bits per heavy atom. The molecule has 0 saturated carbocycles. The second-order valence-electron chi connectivity index (χ2n) is 4.04. The van der Waals surface area contributed by atoms with Crippen molar-refractivity contribution in [1.82, 2.24) is 0 Å². The van der Waals surface area contributed by atoms with Crippen molar-refractivity contribution in [3.8, 4) is 0 Å². The predicted octanol–water partition coefficient (Wildman–Crippen LogP) is 4.28. The Labute approximate surface area is 139 Å². The molecular formula is C12H8BrCl2FN2O2S. The number of nitrogen functional groups attached to an aromatic ring is 1. The number of hydrogen-bond donors (Lipinski definition) is 2. The van der Waals surface area contributed by atoms with E-state index in [1.165, 1.54) is 18.2 Å². The molecule has 3 N–H and O–H groups in total. The van der Waals surface area contributed by atoms with Gasteiger partial charge in [-0.1, -0.05) is 39.1 Å². The van der Waals surface area contributed by atoms with E-state index in [1.54, 1.807) is 0 Å². The summed E-state index contributed by atoms with van der Waals surface area (Å²) in [7, 11) is -4.03. The predicted molar refractivity (Wildman–Crippen MR) is 85.8 cm³/mol. The molecular weight excluding hydrogens is 406 g/mol. The van der Waals surface area contributed by atoms with Crippen molar-refractivity contribution in [3.05, 3.63) is 50.7 Å². The van der Waals surface area contributed by atoms with Crippen LogP contribution in [0.15, 0.2) is 39.7 Å². The topological polar surface area (TPSA) is 72.2 Å². The minimum atomic E-state index is -4.03. The fraction of sp³-hybridized carbons (Fsp3) is 0. The smallest absolute Gasteiger partial charge is 0.264 e. The van der Waals surface area contributed by atoms with E-state index < -0.39 is 15.8 Å². The molecule has 9 heteroatoms. The molecule has 0 heterocycles. The standard InChI is InChI=1S/C12H8BrCl2FN2O2S/c13-6-3-8(14)12(9(15)4-6)21(19,20)18-7-1-2-10(16)11(17)5-7/h1-5,18H,17H2. The molecule has 0 unspecified atom stereocenters. The quantitative estimate of drug-likeness (QED) is 0.737. The van der Waals surface area contributed by atoms with Crippen molar-refractivity contribution in [2.45, 2.75) is 4.90 Å². The third-order valence-corrected chi connectivity index (χ3v) is 5.24. The first-order valence-electron chi connectivity index (χ1n) is 5.43. The lowest BCUT2D eigenvalue weighted by molar-refractivity contribution is 0.601. The maximum Gasteiger partial charge on any atom is 0.264 e. The molecule has 0 spiro atoms. The second-order valence-corrected chi connectivity index (χ2v) is 7.39. The van der Waals surface area contributed by atoms with Crippen molar-refractivity contribution >= 4 is 60.5 Å². The van der Waals surface area contributed by atoms with Crippen LogP contribution < -0.4 is 10.5 Å². The molecule has 0 amide bonds. The van der Waals surface area contributed by atoms with Gasteiger partial charge >= 0.3 is 0 Å². The summed E-state index contributed by atoms with van der Waals surface area (Å²) in [6.45, 7) is 0. The molecule has 21 heavy (non-hydrogen) atoms. The van der Waals surface area contributed by atoms with Crippen LogP contribution in [0.2, 0.25) is 10.0 Å². The van der Waals surface area contributed by atoms with Gasteiger partial charge in [0.25, 0.3) is 10.0 Å². The van der Waals surface area contributed by atoms with Crippen LogP contribution in [0.3, 0.4) is 0 Å². The molecule has 0 aliphatic carbocycles. The normalized spacial score (nSPS) is 11.4. The van der Waals surface area contributed by atoms with Crippen LogP contribution >= 0.6 is 39.1 Å². The van der Waals surface area contributed by atoms with E-state index in [0.29, 0.717) is 4.47 Å². The lowest BCUT2D eigenvalue weighted by Crippen LogP contribution is -2.14. The maximum absolute atomic E-state index is 13.1. The van der Waals surface area contributed by atoms with Gasteiger partial charge in [0.15, 0.2) is 0 Å². The Balaban J connectivity index is 2.46. The summed E-state index contributed by atoms with van der Waals surface area (Å²) >= 11 is 15.0. The van der Waals surface area contributed by atoms with Crippen molar-refractivity contribution in [2.75, 3.05) is 10.5 Å². The maximum atomic E-state index is 13.1. The van der Waals surface area contributed by atoms with Crippen LogP contribution in [0.1, 0.15) is 0 Å². The van der Waals surface area contributed by atoms with Crippen molar-refractivity contribution in [3.63, 3.8) is 0 Å². The summed E-state index contributed by atoms with van der Waals surface area (Å²) in [6.07, 6.45) is 0. The van der Waals surface area contributed by atoms with E-state index in [-0.39, 0.29) is 26.3 Å². The van der Waals surface area contributed by atoms with Gasteiger partial charge in [0.2, 0.25) is 0 Å². The molecule has 0 aliphatic rings. The molecule has 2 aromatic rings. The zero-order valence-corrected chi connectivity index (χ0v) is 14.1. The van der Waals surface area contributed by atoms with Crippen LogP contribution in [-0.4, -0.2) is 8.42 Å². The molecule has 0 radical (unpaired) electrons. The van der Waals surface area contributed by atoms with E-state index in [1.807, 2.05) is 0 Å². The Kier molecular flexibility index (Phi) is 4.67. The molecule has 4 nitrogen and oxygen atoms in total. The summed E-state index contributed by atoms with van der Waals surface area (Å²) in [5.41, 5.74) is 5.31. The fourth-order valence-corrected chi connectivity index (χ4v) is 4.59. The summed E-state index contributed by atoms with van der Waals surface area (Å²) in [5.74, 6) is -0.641. The second kappa shape index (κ2) is 6.00. The number of anilines is 2. The molecule has 0 bridgehead atoms. The van der Waals surface area contributed by atoms with Gasteiger partial charge in [-0.2, -0.15) is 0 Å². The molecule has 0 saturated heterocycles. The molecule has 0 aliphatic heterocycles. The zero-order valence-electron chi connectivity index (χ0n) is 10.2. The number of hydrogen-bond acceptors (Lipinski definition) is 3. The van der Waals surface area contributed by atoms with Gasteiger partial charge in [-0.25, -0.2) is 12.8 Å². The van der Waals surface area contributed by atoms with Gasteiger partial charge in [0.05, 0.1) is 21.4 Å². The molecule has 0 fully saturated rings. The summed E-state index contributed by atoms with van der Waals surface area (Å²) in [4.78, 5) is -0.267. The summed E-state index contributed by atoms with van der Waals surface area (Å²) < 4.78 is 40.5. The Bertz CT molecular complexity index is 792. The number of nitrogens with two attached hydrogens (primary N) is 1. The fourth-order valence-electron chi connectivity index (χ4n) is 1.60. The average Bonchev–Trinajstić information content (AvgIpc) is 2.31. The van der Waals surface area contributed by atoms with Gasteiger partial charge in [-0.3, -0.25) is 4.72 Å². The Morgan fingerprint density at radius 2 is 1.71 bits per heavy atom. The molecule has 2 aromatic carbocycles. The first-order valence-corrected chi connectivity index (χ1v) is 8.46. The highest BCUT2D eigenvalue weighted by Gasteiger charge is 2.22. The van der Waals surface area contributed by atoms with Crippen molar-refractivity contribution < 1.29 is 12.8 Å². The monoisotopic (exact) mass is 412 g/mol. The number of nitrogens with one attached hydrogen (secondary N) is 1.